The second-order valence-electron chi connectivity index (χ2n) is 4.84. The van der Waals surface area contributed by atoms with Gasteiger partial charge >= 0.3 is 12.0 Å². The van der Waals surface area contributed by atoms with E-state index in [1.165, 1.54) is 29.6 Å². The molecule has 104 valence electrons. The quantitative estimate of drug-likeness (QED) is 0.770. The fourth-order valence-electron chi connectivity index (χ4n) is 1.81. The van der Waals surface area contributed by atoms with E-state index in [9.17, 15) is 9.59 Å². The van der Waals surface area contributed by atoms with Gasteiger partial charge in [0.25, 0.3) is 0 Å². The minimum absolute atomic E-state index is 0.0143. The van der Waals surface area contributed by atoms with E-state index in [4.69, 9.17) is 5.11 Å². The summed E-state index contributed by atoms with van der Waals surface area (Å²) in [7, 11) is 0. The first-order chi connectivity index (χ1) is 8.97. The third-order valence-electron chi connectivity index (χ3n) is 3.15. The molecule has 1 fully saturated rings. The molecule has 1 aromatic rings. The molecule has 1 aliphatic carbocycles. The molecular weight excluding hydrogens is 266 g/mol. The van der Waals surface area contributed by atoms with Crippen LogP contribution in [0.5, 0.6) is 0 Å². The first kappa shape index (κ1) is 13.8. The number of carboxylic acid groups (broad SMARTS) is 1. The molecule has 0 bridgehead atoms. The molecule has 1 saturated carbocycles. The van der Waals surface area contributed by atoms with Gasteiger partial charge in [-0.05, 0) is 32.6 Å². The van der Waals surface area contributed by atoms with Crippen LogP contribution in [0.3, 0.4) is 0 Å². The monoisotopic (exact) mass is 283 g/mol. The van der Waals surface area contributed by atoms with Crippen molar-refractivity contribution in [3.05, 3.63) is 16.1 Å². The molecule has 7 heteroatoms. The van der Waals surface area contributed by atoms with E-state index in [0.29, 0.717) is 10.9 Å². The van der Waals surface area contributed by atoms with Crippen molar-refractivity contribution in [2.24, 2.45) is 5.92 Å². The molecule has 2 atom stereocenters. The number of amides is 2. The zero-order valence-corrected chi connectivity index (χ0v) is 11.7. The number of aromatic nitrogens is 1. The topological polar surface area (TPSA) is 91.3 Å². The van der Waals surface area contributed by atoms with Crippen molar-refractivity contribution in [3.8, 4) is 0 Å². The van der Waals surface area contributed by atoms with Gasteiger partial charge in [-0.15, -0.1) is 11.3 Å². The van der Waals surface area contributed by atoms with Crippen molar-refractivity contribution in [2.75, 3.05) is 0 Å². The standard InChI is InChI=1S/C12H17N3O3S/c1-6(8-3-4-8)13-12(18)14-7(2)10-15-9(5-19-10)11(16)17/h5-8H,3-4H2,1-2H3,(H,16,17)(H2,13,14,18). The SMILES string of the molecule is CC(NC(=O)NC(C)C1CC1)c1nc(C(=O)O)cs1. The normalized spacial score (nSPS) is 17.6. The Kier molecular flexibility index (Phi) is 4.04. The molecular formula is C12H17N3O3S. The number of rotatable bonds is 5. The Labute approximate surface area is 115 Å². The van der Waals surface area contributed by atoms with Crippen LogP contribution in [-0.2, 0) is 0 Å². The molecule has 0 aliphatic heterocycles. The van der Waals surface area contributed by atoms with Gasteiger partial charge in [0.15, 0.2) is 5.69 Å². The van der Waals surface area contributed by atoms with Crippen LogP contribution in [0.15, 0.2) is 5.38 Å². The summed E-state index contributed by atoms with van der Waals surface area (Å²) in [6.45, 7) is 3.78. The van der Waals surface area contributed by atoms with Crippen LogP contribution in [0.1, 0.15) is 48.2 Å². The summed E-state index contributed by atoms with van der Waals surface area (Å²) in [4.78, 5) is 26.4. The molecule has 19 heavy (non-hydrogen) atoms. The van der Waals surface area contributed by atoms with Crippen molar-refractivity contribution in [1.29, 1.82) is 0 Å². The molecule has 0 spiro atoms. The van der Waals surface area contributed by atoms with Crippen molar-refractivity contribution < 1.29 is 14.7 Å². The van der Waals surface area contributed by atoms with Crippen LogP contribution in [0.25, 0.3) is 0 Å². The highest BCUT2D eigenvalue weighted by atomic mass is 32.1. The molecule has 2 unspecified atom stereocenters. The maximum Gasteiger partial charge on any atom is 0.355 e. The molecule has 0 saturated heterocycles. The number of thiazole rings is 1. The lowest BCUT2D eigenvalue weighted by molar-refractivity contribution is 0.0691. The molecule has 6 nitrogen and oxygen atoms in total. The Morgan fingerprint density at radius 1 is 1.42 bits per heavy atom. The third-order valence-corrected chi connectivity index (χ3v) is 4.17. The maximum atomic E-state index is 11.7. The van der Waals surface area contributed by atoms with Crippen LogP contribution in [-0.4, -0.2) is 28.1 Å². The number of nitrogens with zero attached hydrogens (tertiary/aromatic N) is 1. The Balaban J connectivity index is 1.86. The lowest BCUT2D eigenvalue weighted by Gasteiger charge is -2.16. The van der Waals surface area contributed by atoms with Gasteiger partial charge in [-0.2, -0.15) is 0 Å². The predicted molar refractivity (Wildman–Crippen MR) is 71.3 cm³/mol. The lowest BCUT2D eigenvalue weighted by atomic mass is 10.2. The van der Waals surface area contributed by atoms with Crippen LogP contribution in [0, 0.1) is 5.92 Å². The predicted octanol–water partition coefficient (Wildman–Crippen LogP) is 2.00. The summed E-state index contributed by atoms with van der Waals surface area (Å²) >= 11 is 1.23. The highest BCUT2D eigenvalue weighted by molar-refractivity contribution is 7.09. The van der Waals surface area contributed by atoms with E-state index in [1.54, 1.807) is 6.92 Å². The number of hydrogen-bond donors (Lipinski definition) is 3. The average molecular weight is 283 g/mol. The summed E-state index contributed by atoms with van der Waals surface area (Å²) in [6.07, 6.45) is 2.34. The van der Waals surface area contributed by atoms with E-state index < -0.39 is 5.97 Å². The number of carbonyl (C=O) groups excluding carboxylic acids is 1. The van der Waals surface area contributed by atoms with Gasteiger partial charge in [0.1, 0.15) is 5.01 Å². The minimum atomic E-state index is -1.05. The van der Waals surface area contributed by atoms with Gasteiger partial charge in [-0.3, -0.25) is 0 Å². The van der Waals surface area contributed by atoms with Crippen molar-refractivity contribution >= 4 is 23.3 Å². The smallest absolute Gasteiger partial charge is 0.355 e. The molecule has 1 aromatic heterocycles. The van der Waals surface area contributed by atoms with Crippen LogP contribution < -0.4 is 10.6 Å². The van der Waals surface area contributed by atoms with E-state index in [2.05, 4.69) is 15.6 Å². The summed E-state index contributed by atoms with van der Waals surface area (Å²) in [5.74, 6) is -0.457. The zero-order valence-electron chi connectivity index (χ0n) is 10.8. The number of hydrogen-bond acceptors (Lipinski definition) is 4. The van der Waals surface area contributed by atoms with Gasteiger partial charge in [-0.1, -0.05) is 0 Å². The van der Waals surface area contributed by atoms with Crippen LogP contribution in [0.2, 0.25) is 0 Å². The molecule has 3 N–H and O–H groups in total. The largest absolute Gasteiger partial charge is 0.476 e. The molecule has 2 amide bonds. The number of carbonyl (C=O) groups is 2. The van der Waals surface area contributed by atoms with E-state index >= 15 is 0 Å². The van der Waals surface area contributed by atoms with Crippen molar-refractivity contribution in [2.45, 2.75) is 38.8 Å². The number of urea groups is 1. The van der Waals surface area contributed by atoms with Gasteiger partial charge in [0.05, 0.1) is 6.04 Å². The van der Waals surface area contributed by atoms with Gasteiger partial charge in [0.2, 0.25) is 0 Å². The second kappa shape index (κ2) is 5.56. The zero-order chi connectivity index (χ0) is 14.0. The first-order valence-corrected chi connectivity index (χ1v) is 7.11. The highest BCUT2D eigenvalue weighted by Gasteiger charge is 2.29. The van der Waals surface area contributed by atoms with Crippen molar-refractivity contribution in [1.82, 2.24) is 15.6 Å². The maximum absolute atomic E-state index is 11.7. The molecule has 1 aliphatic rings. The second-order valence-corrected chi connectivity index (χ2v) is 5.73. The summed E-state index contributed by atoms with van der Waals surface area (Å²) in [5.41, 5.74) is 0.0143. The first-order valence-electron chi connectivity index (χ1n) is 6.23. The Morgan fingerprint density at radius 3 is 2.63 bits per heavy atom. The van der Waals surface area contributed by atoms with Gasteiger partial charge < -0.3 is 15.7 Å². The molecule has 0 aromatic carbocycles. The van der Waals surface area contributed by atoms with Crippen molar-refractivity contribution in [3.63, 3.8) is 0 Å². The Hall–Kier alpha value is -1.63. The molecule has 2 rings (SSSR count). The summed E-state index contributed by atoms with van der Waals surface area (Å²) < 4.78 is 0. The van der Waals surface area contributed by atoms with E-state index in [1.807, 2.05) is 6.92 Å². The minimum Gasteiger partial charge on any atom is -0.476 e. The Morgan fingerprint density at radius 2 is 2.11 bits per heavy atom. The lowest BCUT2D eigenvalue weighted by Crippen LogP contribution is -2.42. The number of carboxylic acids is 1. The number of nitrogens with one attached hydrogen (secondary N) is 2. The molecule has 0 radical (unpaired) electrons. The van der Waals surface area contributed by atoms with E-state index in [0.717, 1.165) is 0 Å². The van der Waals surface area contributed by atoms with E-state index in [-0.39, 0.29) is 23.8 Å². The summed E-state index contributed by atoms with van der Waals surface area (Å²) in [5, 5.41) is 16.5. The number of aromatic carboxylic acids is 1. The average Bonchev–Trinajstić information content (AvgIpc) is 3.05. The van der Waals surface area contributed by atoms with Crippen LogP contribution >= 0.6 is 11.3 Å². The fraction of sp³-hybridized carbons (Fsp3) is 0.583. The highest BCUT2D eigenvalue weighted by Crippen LogP contribution is 2.32. The summed E-state index contributed by atoms with van der Waals surface area (Å²) in [6, 6.07) is -0.360. The Bertz CT molecular complexity index is 484. The van der Waals surface area contributed by atoms with Crippen LogP contribution in [0.4, 0.5) is 4.79 Å². The third kappa shape index (κ3) is 3.66. The molecule has 1 heterocycles. The van der Waals surface area contributed by atoms with Gasteiger partial charge in [0, 0.05) is 11.4 Å². The fourth-order valence-corrected chi connectivity index (χ4v) is 2.61. The van der Waals surface area contributed by atoms with Gasteiger partial charge in [-0.25, -0.2) is 14.6 Å².